The molecule has 0 atom stereocenters. The number of thiazole rings is 1. The van der Waals surface area contributed by atoms with Gasteiger partial charge >= 0.3 is 0 Å². The minimum absolute atomic E-state index is 0.0722. The van der Waals surface area contributed by atoms with Crippen LogP contribution in [-0.4, -0.2) is 53.3 Å². The van der Waals surface area contributed by atoms with Gasteiger partial charge in [0.2, 0.25) is 21.9 Å². The van der Waals surface area contributed by atoms with Crippen molar-refractivity contribution in [3.63, 3.8) is 0 Å². The summed E-state index contributed by atoms with van der Waals surface area (Å²) in [7, 11) is -3.76. The number of nitrogens with zero attached hydrogens (tertiary/aromatic N) is 4. The first-order valence-electron chi connectivity index (χ1n) is 11.2. The van der Waals surface area contributed by atoms with Gasteiger partial charge in [-0.1, -0.05) is 23.5 Å². The van der Waals surface area contributed by atoms with Gasteiger partial charge in [0.1, 0.15) is 5.82 Å². The van der Waals surface area contributed by atoms with Gasteiger partial charge in [-0.3, -0.25) is 4.79 Å². The Morgan fingerprint density at radius 3 is 2.49 bits per heavy atom. The average molecular weight is 538 g/mol. The zero-order valence-electron chi connectivity index (χ0n) is 19.9. The molecule has 37 heavy (non-hydrogen) atoms. The van der Waals surface area contributed by atoms with E-state index in [2.05, 4.69) is 28.6 Å². The number of amides is 1. The van der Waals surface area contributed by atoms with Crippen LogP contribution in [0.15, 0.2) is 72.7 Å². The van der Waals surface area contributed by atoms with Crippen LogP contribution in [-0.2, 0) is 10.0 Å². The summed E-state index contributed by atoms with van der Waals surface area (Å²) in [5, 5.41) is 7.90. The lowest BCUT2D eigenvalue weighted by Gasteiger charge is -2.19. The Morgan fingerprint density at radius 2 is 1.81 bits per heavy atom. The van der Waals surface area contributed by atoms with Gasteiger partial charge in [-0.25, -0.2) is 13.4 Å². The summed E-state index contributed by atoms with van der Waals surface area (Å²) in [6.45, 7) is 9.51. The molecule has 0 bridgehead atoms. The van der Waals surface area contributed by atoms with Gasteiger partial charge in [0, 0.05) is 36.9 Å². The number of carbonyl (C=O) groups is 1. The van der Waals surface area contributed by atoms with Crippen LogP contribution in [0.4, 0.5) is 5.82 Å². The van der Waals surface area contributed by atoms with Crippen LogP contribution in [0.5, 0.6) is 11.5 Å². The molecule has 1 N–H and O–H groups in total. The van der Waals surface area contributed by atoms with Gasteiger partial charge < -0.3 is 14.8 Å². The molecular formula is C25H23N5O5S2. The third-order valence-electron chi connectivity index (χ3n) is 5.55. The van der Waals surface area contributed by atoms with Crippen LogP contribution in [0.2, 0.25) is 0 Å². The number of anilines is 1. The van der Waals surface area contributed by atoms with E-state index in [0.717, 1.165) is 10.2 Å². The third kappa shape index (κ3) is 4.73. The first kappa shape index (κ1) is 24.7. The largest absolute Gasteiger partial charge is 0.454 e. The van der Waals surface area contributed by atoms with Crippen LogP contribution in [0, 0.1) is 6.92 Å². The monoisotopic (exact) mass is 537 g/mol. The highest BCUT2D eigenvalue weighted by Crippen LogP contribution is 2.39. The lowest BCUT2D eigenvalue weighted by molar-refractivity contribution is 0.102. The van der Waals surface area contributed by atoms with Crippen LogP contribution in [0.1, 0.15) is 16.1 Å². The zero-order valence-corrected chi connectivity index (χ0v) is 21.5. The molecule has 0 spiro atoms. The molecule has 0 fully saturated rings. The molecule has 1 aliphatic heterocycles. The molecule has 0 aliphatic carbocycles. The van der Waals surface area contributed by atoms with E-state index in [1.165, 1.54) is 52.1 Å². The molecule has 4 aromatic rings. The molecule has 12 heteroatoms. The predicted octanol–water partition coefficient (Wildman–Crippen LogP) is 4.13. The Balaban J connectivity index is 1.38. The second kappa shape index (κ2) is 9.81. The highest BCUT2D eigenvalue weighted by Gasteiger charge is 2.23. The quantitative estimate of drug-likeness (QED) is 0.319. The smallest absolute Gasteiger partial charge is 0.256 e. The topological polar surface area (TPSA) is 116 Å². The van der Waals surface area contributed by atoms with E-state index in [4.69, 9.17) is 9.47 Å². The maximum atomic E-state index is 13.0. The van der Waals surface area contributed by atoms with Crippen molar-refractivity contribution >= 4 is 43.3 Å². The average Bonchev–Trinajstić information content (AvgIpc) is 3.59. The molecule has 0 saturated heterocycles. The Kier molecular flexibility index (Phi) is 6.54. The molecule has 1 aliphatic rings. The molecule has 3 heterocycles. The first-order valence-corrected chi connectivity index (χ1v) is 13.5. The number of fused-ring (bicyclic) bond motifs is 2. The van der Waals surface area contributed by atoms with E-state index < -0.39 is 15.9 Å². The van der Waals surface area contributed by atoms with Crippen molar-refractivity contribution in [2.24, 2.45) is 0 Å². The van der Waals surface area contributed by atoms with E-state index in [-0.39, 0.29) is 24.8 Å². The summed E-state index contributed by atoms with van der Waals surface area (Å²) in [6, 6.07) is 11.2. The molecule has 5 rings (SSSR count). The molecule has 0 radical (unpaired) electrons. The number of rotatable bonds is 9. The highest BCUT2D eigenvalue weighted by molar-refractivity contribution is 7.89. The number of carbonyl (C=O) groups excluding carboxylic acids is 1. The fourth-order valence-electron chi connectivity index (χ4n) is 3.81. The zero-order chi connectivity index (χ0) is 26.2. The number of hydrogen-bond acceptors (Lipinski definition) is 8. The maximum Gasteiger partial charge on any atom is 0.256 e. The van der Waals surface area contributed by atoms with Crippen molar-refractivity contribution in [3.8, 4) is 16.6 Å². The molecule has 0 unspecified atom stereocenters. The summed E-state index contributed by atoms with van der Waals surface area (Å²) in [4.78, 5) is 17.7. The maximum absolute atomic E-state index is 13.0. The van der Waals surface area contributed by atoms with E-state index in [0.29, 0.717) is 33.7 Å². The molecule has 0 saturated carbocycles. The summed E-state index contributed by atoms with van der Waals surface area (Å²) in [5.74, 6) is 1.31. The number of benzene rings is 2. The summed E-state index contributed by atoms with van der Waals surface area (Å²) in [5.41, 5.74) is 1.71. The minimum Gasteiger partial charge on any atom is -0.454 e. The number of aromatic nitrogens is 3. The number of hydrogen-bond donors (Lipinski definition) is 1. The summed E-state index contributed by atoms with van der Waals surface area (Å²) in [6.07, 6.45) is 3.02. The molecule has 1 amide bonds. The van der Waals surface area contributed by atoms with Gasteiger partial charge in [0.05, 0.1) is 20.8 Å². The predicted molar refractivity (Wildman–Crippen MR) is 141 cm³/mol. The Hall–Kier alpha value is -4.00. The van der Waals surface area contributed by atoms with E-state index in [9.17, 15) is 13.2 Å². The number of sulfonamides is 1. The molecule has 190 valence electrons. The third-order valence-corrected chi connectivity index (χ3v) is 8.39. The fraction of sp³-hybridized carbons (Fsp3) is 0.160. The van der Waals surface area contributed by atoms with Gasteiger partial charge in [-0.2, -0.15) is 14.1 Å². The number of nitrogens with one attached hydrogen (secondary N) is 1. The van der Waals surface area contributed by atoms with Crippen molar-refractivity contribution in [2.75, 3.05) is 25.2 Å². The minimum atomic E-state index is -3.76. The second-order valence-corrected chi connectivity index (χ2v) is 11.1. The van der Waals surface area contributed by atoms with Gasteiger partial charge in [0.15, 0.2) is 11.5 Å². The molecule has 10 nitrogen and oxygen atoms in total. The van der Waals surface area contributed by atoms with Gasteiger partial charge in [-0.05, 0) is 31.2 Å². The van der Waals surface area contributed by atoms with Crippen molar-refractivity contribution in [1.29, 1.82) is 0 Å². The number of ether oxygens (including phenoxy) is 2. The van der Waals surface area contributed by atoms with Crippen molar-refractivity contribution in [3.05, 3.63) is 79.0 Å². The Bertz CT molecular complexity index is 1570. The van der Waals surface area contributed by atoms with Crippen LogP contribution < -0.4 is 14.8 Å². The first-order chi connectivity index (χ1) is 17.8. The fourth-order valence-corrected chi connectivity index (χ4v) is 6.13. The van der Waals surface area contributed by atoms with Crippen LogP contribution in [0.25, 0.3) is 15.3 Å². The SMILES string of the molecule is C=CCN(CC=C)S(=O)(=O)c1ccc(C(=O)Nc2cc(C)nn2-c2nc3cc4c(cc3s2)OCO4)cc1. The Labute approximate surface area is 217 Å². The normalized spacial score (nSPS) is 12.7. The Morgan fingerprint density at radius 1 is 1.14 bits per heavy atom. The summed E-state index contributed by atoms with van der Waals surface area (Å²) >= 11 is 1.40. The highest BCUT2D eigenvalue weighted by atomic mass is 32.2. The summed E-state index contributed by atoms with van der Waals surface area (Å²) < 4.78 is 40.4. The van der Waals surface area contributed by atoms with E-state index in [1.54, 1.807) is 10.7 Å². The van der Waals surface area contributed by atoms with E-state index in [1.807, 2.05) is 19.1 Å². The van der Waals surface area contributed by atoms with Crippen molar-refractivity contribution in [2.45, 2.75) is 11.8 Å². The van der Waals surface area contributed by atoms with Crippen molar-refractivity contribution in [1.82, 2.24) is 19.1 Å². The molecule has 2 aromatic carbocycles. The van der Waals surface area contributed by atoms with E-state index >= 15 is 0 Å². The second-order valence-electron chi connectivity index (χ2n) is 8.13. The van der Waals surface area contributed by atoms with Crippen LogP contribution >= 0.6 is 11.3 Å². The number of aryl methyl sites for hydroxylation is 1. The lowest BCUT2D eigenvalue weighted by atomic mass is 10.2. The van der Waals surface area contributed by atoms with Crippen LogP contribution in [0.3, 0.4) is 0 Å². The van der Waals surface area contributed by atoms with Crippen molar-refractivity contribution < 1.29 is 22.7 Å². The van der Waals surface area contributed by atoms with Gasteiger partial charge in [0.25, 0.3) is 5.91 Å². The standard InChI is InChI=1S/C25H23N5O5S2/c1-4-10-29(11-5-2)37(32,33)18-8-6-17(7-9-18)24(31)27-23-12-16(3)28-30(23)25-26-19-13-20-21(35-15-34-20)14-22(19)36-25/h4-9,12-14H,1-2,10-11,15H2,3H3,(H,27,31). The van der Waals surface area contributed by atoms with Gasteiger partial charge in [-0.15, -0.1) is 13.2 Å². The lowest BCUT2D eigenvalue weighted by Crippen LogP contribution is -2.31. The molecule has 2 aromatic heterocycles. The molecular weight excluding hydrogens is 514 g/mol.